The van der Waals surface area contributed by atoms with Crippen molar-refractivity contribution in [2.24, 2.45) is 22.7 Å². The number of amides is 1. The molecule has 4 fully saturated rings. The Balaban J connectivity index is 1.52. The lowest BCUT2D eigenvalue weighted by Crippen LogP contribution is -2.53. The highest BCUT2D eigenvalue weighted by molar-refractivity contribution is 5.84. The van der Waals surface area contributed by atoms with E-state index < -0.39 is 11.4 Å². The smallest absolute Gasteiger partial charge is 0.309 e. The van der Waals surface area contributed by atoms with E-state index in [1.54, 1.807) is 0 Å². The highest BCUT2D eigenvalue weighted by atomic mass is 19.1. The van der Waals surface area contributed by atoms with Gasteiger partial charge in [-0.3, -0.25) is 14.0 Å². The maximum Gasteiger partial charge on any atom is 0.309 e. The number of hydrogen-bond acceptors (Lipinski definition) is 2. The SMILES string of the molecule is O=C(O)C12CCC(C(=O)NC[C@@H]3CCC[C@H](CF)C3)(CC1)CC2. The number of halogens is 1. The largest absolute Gasteiger partial charge is 0.481 e. The number of alkyl halides is 1. The van der Waals surface area contributed by atoms with Crippen molar-refractivity contribution in [1.82, 2.24) is 5.32 Å². The Labute approximate surface area is 137 Å². The Kier molecular flexibility index (Phi) is 4.65. The number of carboxylic acid groups (broad SMARTS) is 1. The lowest BCUT2D eigenvalue weighted by molar-refractivity contribution is -0.163. The quantitative estimate of drug-likeness (QED) is 0.815. The molecule has 1 amide bonds. The summed E-state index contributed by atoms with van der Waals surface area (Å²) in [7, 11) is 0. The van der Waals surface area contributed by atoms with Gasteiger partial charge in [0.2, 0.25) is 5.91 Å². The highest BCUT2D eigenvalue weighted by Crippen LogP contribution is 2.57. The summed E-state index contributed by atoms with van der Waals surface area (Å²) in [4.78, 5) is 24.2. The number of carboxylic acids is 1. The molecule has 4 rings (SSSR count). The fraction of sp³-hybridized carbons (Fsp3) is 0.889. The number of nitrogens with one attached hydrogen (secondary N) is 1. The maximum atomic E-state index is 12.8. The van der Waals surface area contributed by atoms with Crippen molar-refractivity contribution in [1.29, 1.82) is 0 Å². The number of hydrogen-bond donors (Lipinski definition) is 2. The van der Waals surface area contributed by atoms with Crippen LogP contribution < -0.4 is 5.32 Å². The summed E-state index contributed by atoms with van der Waals surface area (Å²) >= 11 is 0. The van der Waals surface area contributed by atoms with Crippen LogP contribution in [0.1, 0.15) is 64.2 Å². The molecule has 0 aromatic heterocycles. The summed E-state index contributed by atoms with van der Waals surface area (Å²) in [6.45, 7) is 0.410. The van der Waals surface area contributed by atoms with Gasteiger partial charge in [0.15, 0.2) is 0 Å². The first-order valence-corrected chi connectivity index (χ1v) is 9.07. The predicted octanol–water partition coefficient (Wildman–Crippen LogP) is 3.30. The standard InChI is InChI=1S/C18H28FNO3/c19-11-13-2-1-3-14(10-13)12-20-15(21)17-4-7-18(8-5-17,9-6-17)16(22)23/h13-14H,1-12H2,(H,20,21)(H,22,23)/t13-,14+,17?,18?/m0/s1. The Bertz CT molecular complexity index is 454. The molecule has 0 aromatic carbocycles. The molecule has 23 heavy (non-hydrogen) atoms. The molecule has 2 atom stereocenters. The van der Waals surface area contributed by atoms with E-state index in [9.17, 15) is 19.1 Å². The Hall–Kier alpha value is -1.13. The van der Waals surface area contributed by atoms with Crippen molar-refractivity contribution in [3.05, 3.63) is 0 Å². The molecule has 0 spiro atoms. The van der Waals surface area contributed by atoms with Crippen LogP contribution in [0.25, 0.3) is 0 Å². The zero-order valence-electron chi connectivity index (χ0n) is 13.8. The number of rotatable bonds is 5. The van der Waals surface area contributed by atoms with Gasteiger partial charge in [0, 0.05) is 12.0 Å². The van der Waals surface area contributed by atoms with Crippen molar-refractivity contribution in [2.45, 2.75) is 64.2 Å². The van der Waals surface area contributed by atoms with E-state index in [1.807, 2.05) is 0 Å². The molecule has 0 aliphatic heterocycles. The number of aliphatic carboxylic acids is 1. The molecular formula is C18H28FNO3. The zero-order chi connectivity index (χ0) is 16.5. The van der Waals surface area contributed by atoms with Crippen molar-refractivity contribution >= 4 is 11.9 Å². The number of fused-ring (bicyclic) bond motifs is 3. The Morgan fingerprint density at radius 3 is 2.13 bits per heavy atom. The maximum absolute atomic E-state index is 12.8. The lowest BCUT2D eigenvalue weighted by Gasteiger charge is -2.50. The summed E-state index contributed by atoms with van der Waals surface area (Å²) < 4.78 is 12.8. The highest BCUT2D eigenvalue weighted by Gasteiger charge is 2.55. The van der Waals surface area contributed by atoms with Gasteiger partial charge >= 0.3 is 5.97 Å². The third-order valence-electron chi connectivity index (χ3n) is 6.84. The average molecular weight is 325 g/mol. The second kappa shape index (κ2) is 6.40. The van der Waals surface area contributed by atoms with E-state index >= 15 is 0 Å². The van der Waals surface area contributed by atoms with Crippen molar-refractivity contribution in [3.8, 4) is 0 Å². The van der Waals surface area contributed by atoms with Gasteiger partial charge in [-0.2, -0.15) is 0 Å². The fourth-order valence-electron chi connectivity index (χ4n) is 5.00. The van der Waals surface area contributed by atoms with E-state index in [2.05, 4.69) is 5.32 Å². The first kappa shape index (κ1) is 16.7. The van der Waals surface area contributed by atoms with Crippen LogP contribution in [-0.4, -0.2) is 30.2 Å². The molecule has 0 saturated heterocycles. The zero-order valence-corrected chi connectivity index (χ0v) is 13.8. The molecule has 0 heterocycles. The Morgan fingerprint density at radius 1 is 1.00 bits per heavy atom. The van der Waals surface area contributed by atoms with Gasteiger partial charge in [0.1, 0.15) is 0 Å². The first-order chi connectivity index (χ1) is 11.0. The second-order valence-electron chi connectivity index (χ2n) is 8.13. The Morgan fingerprint density at radius 2 is 1.57 bits per heavy atom. The molecular weight excluding hydrogens is 297 g/mol. The number of carbonyl (C=O) groups is 2. The van der Waals surface area contributed by atoms with Crippen molar-refractivity contribution in [2.75, 3.05) is 13.2 Å². The van der Waals surface area contributed by atoms with Gasteiger partial charge < -0.3 is 10.4 Å². The molecule has 4 aliphatic carbocycles. The van der Waals surface area contributed by atoms with Crippen LogP contribution in [0.3, 0.4) is 0 Å². The van der Waals surface area contributed by atoms with Crippen LogP contribution in [0.5, 0.6) is 0 Å². The van der Waals surface area contributed by atoms with Gasteiger partial charge in [-0.25, -0.2) is 0 Å². The average Bonchev–Trinajstić information content (AvgIpc) is 2.61. The molecule has 4 aliphatic rings. The van der Waals surface area contributed by atoms with Crippen molar-refractivity contribution in [3.63, 3.8) is 0 Å². The van der Waals surface area contributed by atoms with Gasteiger partial charge in [-0.05, 0) is 69.6 Å². The minimum absolute atomic E-state index is 0.110. The van der Waals surface area contributed by atoms with Gasteiger partial charge in [0.25, 0.3) is 0 Å². The molecule has 4 saturated carbocycles. The van der Waals surface area contributed by atoms with E-state index in [-0.39, 0.29) is 23.9 Å². The molecule has 0 aromatic rings. The summed E-state index contributed by atoms with van der Waals surface area (Å²) in [6, 6.07) is 0. The molecule has 0 radical (unpaired) electrons. The van der Waals surface area contributed by atoms with Crippen molar-refractivity contribution < 1.29 is 19.1 Å². The molecule has 5 heteroatoms. The van der Waals surface area contributed by atoms with E-state index in [1.165, 1.54) is 0 Å². The topological polar surface area (TPSA) is 66.4 Å². The molecule has 130 valence electrons. The normalized spacial score (nSPS) is 39.9. The number of carbonyl (C=O) groups excluding carboxylic acids is 1. The minimum Gasteiger partial charge on any atom is -0.481 e. The second-order valence-corrected chi connectivity index (χ2v) is 8.13. The monoisotopic (exact) mass is 325 g/mol. The third-order valence-corrected chi connectivity index (χ3v) is 6.84. The third kappa shape index (κ3) is 3.11. The van der Waals surface area contributed by atoms with E-state index in [0.717, 1.165) is 25.7 Å². The molecule has 0 unspecified atom stereocenters. The predicted molar refractivity (Wildman–Crippen MR) is 84.6 cm³/mol. The van der Waals surface area contributed by atoms with Crippen LogP contribution in [0, 0.1) is 22.7 Å². The van der Waals surface area contributed by atoms with E-state index in [0.29, 0.717) is 51.0 Å². The van der Waals surface area contributed by atoms with Crippen LogP contribution in [0.15, 0.2) is 0 Å². The molecule has 2 bridgehead atoms. The molecule has 4 nitrogen and oxygen atoms in total. The minimum atomic E-state index is -0.689. The summed E-state index contributed by atoms with van der Waals surface area (Å²) in [5.41, 5.74) is -0.912. The fourth-order valence-corrected chi connectivity index (χ4v) is 5.00. The summed E-state index contributed by atoms with van der Waals surface area (Å²) in [5.74, 6) is -0.0104. The van der Waals surface area contributed by atoms with E-state index in [4.69, 9.17) is 0 Å². The van der Waals surface area contributed by atoms with Gasteiger partial charge in [-0.1, -0.05) is 6.42 Å². The van der Waals surface area contributed by atoms with Gasteiger partial charge in [-0.15, -0.1) is 0 Å². The van der Waals surface area contributed by atoms with Crippen LogP contribution in [-0.2, 0) is 9.59 Å². The van der Waals surface area contributed by atoms with Crippen LogP contribution in [0.2, 0.25) is 0 Å². The lowest BCUT2D eigenvalue weighted by atomic mass is 9.53. The summed E-state index contributed by atoms with van der Waals surface area (Å²) in [5, 5.41) is 12.5. The van der Waals surface area contributed by atoms with Gasteiger partial charge in [0.05, 0.1) is 12.1 Å². The van der Waals surface area contributed by atoms with Crippen LogP contribution in [0.4, 0.5) is 4.39 Å². The first-order valence-electron chi connectivity index (χ1n) is 9.07. The summed E-state index contributed by atoms with van der Waals surface area (Å²) in [6.07, 6.45) is 7.96. The molecule has 2 N–H and O–H groups in total. The van der Waals surface area contributed by atoms with Crippen LogP contribution >= 0.6 is 0 Å².